The van der Waals surface area contributed by atoms with Crippen LogP contribution in [-0.2, 0) is 0 Å². The summed E-state index contributed by atoms with van der Waals surface area (Å²) in [4.78, 5) is 4.34. The van der Waals surface area contributed by atoms with Crippen molar-refractivity contribution in [3.05, 3.63) is 66.0 Å². The van der Waals surface area contributed by atoms with Gasteiger partial charge in [-0.05, 0) is 35.9 Å². The van der Waals surface area contributed by atoms with Crippen LogP contribution in [0.3, 0.4) is 0 Å². The van der Waals surface area contributed by atoms with E-state index < -0.39 is 0 Å². The Labute approximate surface area is 157 Å². The van der Waals surface area contributed by atoms with Gasteiger partial charge in [0.05, 0.1) is 27.0 Å². The number of methoxy groups -OCH3 is 3. The van der Waals surface area contributed by atoms with Crippen LogP contribution in [0.2, 0.25) is 0 Å². The third kappa shape index (κ3) is 3.08. The highest BCUT2D eigenvalue weighted by Gasteiger charge is 2.25. The molecule has 0 saturated carbocycles. The number of fused-ring (bicyclic) bond motifs is 1. The number of anilines is 1. The van der Waals surface area contributed by atoms with Crippen molar-refractivity contribution in [3.8, 4) is 17.2 Å². The standard InChI is InChI=1S/C20H20N4O3/c1-25-14-6-4-5-13(9-14)18-11-17(23-20-21-12-22-24(18)20)16-8-7-15(26-2)10-19(16)27-3/h4-12,18H,1-3H3,(H,21,22,23). The molecule has 3 aromatic rings. The Kier molecular flexibility index (Phi) is 4.42. The minimum absolute atomic E-state index is 0.124. The Morgan fingerprint density at radius 3 is 2.56 bits per heavy atom. The maximum Gasteiger partial charge on any atom is 0.226 e. The second kappa shape index (κ2) is 7.03. The number of hydrogen-bond acceptors (Lipinski definition) is 6. The van der Waals surface area contributed by atoms with Crippen LogP contribution in [0.4, 0.5) is 5.95 Å². The van der Waals surface area contributed by atoms with E-state index in [4.69, 9.17) is 14.2 Å². The Morgan fingerprint density at radius 1 is 0.963 bits per heavy atom. The van der Waals surface area contributed by atoms with Crippen molar-refractivity contribution >= 4 is 11.6 Å². The summed E-state index contributed by atoms with van der Waals surface area (Å²) in [6, 6.07) is 13.5. The summed E-state index contributed by atoms with van der Waals surface area (Å²) in [6.45, 7) is 0. The number of aromatic nitrogens is 3. The fourth-order valence-electron chi connectivity index (χ4n) is 3.17. The third-order valence-corrected chi connectivity index (χ3v) is 4.54. The van der Waals surface area contributed by atoms with Gasteiger partial charge in [0.2, 0.25) is 5.95 Å². The molecule has 0 bridgehead atoms. The fraction of sp³-hybridized carbons (Fsp3) is 0.200. The molecule has 0 saturated heterocycles. The Bertz CT molecular complexity index is 996. The van der Waals surface area contributed by atoms with Gasteiger partial charge in [-0.25, -0.2) is 4.68 Å². The highest BCUT2D eigenvalue weighted by atomic mass is 16.5. The lowest BCUT2D eigenvalue weighted by Gasteiger charge is -2.25. The van der Waals surface area contributed by atoms with Gasteiger partial charge in [0.25, 0.3) is 0 Å². The van der Waals surface area contributed by atoms with Gasteiger partial charge < -0.3 is 19.5 Å². The van der Waals surface area contributed by atoms with Crippen LogP contribution in [0.5, 0.6) is 17.2 Å². The molecule has 0 aliphatic carbocycles. The van der Waals surface area contributed by atoms with Gasteiger partial charge in [0.1, 0.15) is 29.6 Å². The minimum atomic E-state index is -0.124. The summed E-state index contributed by atoms with van der Waals surface area (Å²) in [7, 11) is 4.93. The summed E-state index contributed by atoms with van der Waals surface area (Å²) < 4.78 is 18.1. The lowest BCUT2D eigenvalue weighted by Crippen LogP contribution is -2.20. The zero-order valence-electron chi connectivity index (χ0n) is 15.3. The number of rotatable bonds is 5. The molecular formula is C20H20N4O3. The summed E-state index contributed by atoms with van der Waals surface area (Å²) >= 11 is 0. The average molecular weight is 364 g/mol. The van der Waals surface area contributed by atoms with E-state index in [1.807, 2.05) is 47.1 Å². The molecule has 0 radical (unpaired) electrons. The zero-order chi connectivity index (χ0) is 18.8. The van der Waals surface area contributed by atoms with E-state index in [0.29, 0.717) is 11.7 Å². The normalized spacial score (nSPS) is 15.4. The average Bonchev–Trinajstić information content (AvgIpc) is 3.21. The lowest BCUT2D eigenvalue weighted by molar-refractivity contribution is 0.393. The van der Waals surface area contributed by atoms with Crippen molar-refractivity contribution in [2.24, 2.45) is 0 Å². The van der Waals surface area contributed by atoms with Gasteiger partial charge in [-0.1, -0.05) is 12.1 Å². The molecule has 27 heavy (non-hydrogen) atoms. The monoisotopic (exact) mass is 364 g/mol. The Balaban J connectivity index is 1.81. The summed E-state index contributed by atoms with van der Waals surface area (Å²) in [5.41, 5.74) is 2.86. The van der Waals surface area contributed by atoms with Gasteiger partial charge >= 0.3 is 0 Å². The van der Waals surface area contributed by atoms with Crippen LogP contribution in [0.25, 0.3) is 5.70 Å². The van der Waals surface area contributed by atoms with Crippen molar-refractivity contribution < 1.29 is 14.2 Å². The summed E-state index contributed by atoms with van der Waals surface area (Å²) in [5, 5.41) is 7.71. The minimum Gasteiger partial charge on any atom is -0.497 e. The molecule has 138 valence electrons. The van der Waals surface area contributed by atoms with Gasteiger partial charge in [-0.3, -0.25) is 0 Å². The van der Waals surface area contributed by atoms with Crippen LogP contribution < -0.4 is 19.5 Å². The van der Waals surface area contributed by atoms with Gasteiger partial charge in [0.15, 0.2) is 0 Å². The number of hydrogen-bond donors (Lipinski definition) is 1. The van der Waals surface area contributed by atoms with Crippen molar-refractivity contribution in [1.82, 2.24) is 14.8 Å². The number of nitrogens with zero attached hydrogens (tertiary/aromatic N) is 3. The lowest BCUT2D eigenvalue weighted by atomic mass is 10.0. The van der Waals surface area contributed by atoms with E-state index in [1.165, 1.54) is 6.33 Å². The third-order valence-electron chi connectivity index (χ3n) is 4.54. The molecule has 4 rings (SSSR count). The molecule has 2 aromatic carbocycles. The second-order valence-electron chi connectivity index (χ2n) is 6.02. The van der Waals surface area contributed by atoms with E-state index >= 15 is 0 Å². The molecule has 0 fully saturated rings. The molecule has 0 amide bonds. The SMILES string of the molecule is COc1cccc(C2C=C(c3ccc(OC)cc3OC)Nc3ncnn32)c1. The molecule has 0 spiro atoms. The number of ether oxygens (including phenoxy) is 3. The van der Waals surface area contributed by atoms with Crippen molar-refractivity contribution in [2.75, 3.05) is 26.6 Å². The van der Waals surface area contributed by atoms with Gasteiger partial charge in [0, 0.05) is 11.6 Å². The number of benzene rings is 2. The molecule has 1 aliphatic rings. The molecule has 7 heteroatoms. The second-order valence-corrected chi connectivity index (χ2v) is 6.02. The predicted octanol–water partition coefficient (Wildman–Crippen LogP) is 3.36. The Morgan fingerprint density at radius 2 is 1.78 bits per heavy atom. The quantitative estimate of drug-likeness (QED) is 0.749. The molecule has 2 heterocycles. The molecule has 1 unspecified atom stereocenters. The van der Waals surface area contributed by atoms with E-state index in [1.54, 1.807) is 21.3 Å². The molecule has 1 atom stereocenters. The first-order chi connectivity index (χ1) is 13.2. The maximum absolute atomic E-state index is 5.56. The van der Waals surface area contributed by atoms with Crippen molar-refractivity contribution in [3.63, 3.8) is 0 Å². The zero-order valence-corrected chi connectivity index (χ0v) is 15.3. The van der Waals surface area contributed by atoms with Crippen LogP contribution in [0.15, 0.2) is 54.9 Å². The van der Waals surface area contributed by atoms with Crippen LogP contribution in [0.1, 0.15) is 17.2 Å². The smallest absolute Gasteiger partial charge is 0.226 e. The molecule has 1 aromatic heterocycles. The molecule has 7 nitrogen and oxygen atoms in total. The first kappa shape index (κ1) is 17.0. The molecule has 1 N–H and O–H groups in total. The number of allylic oxidation sites excluding steroid dienone is 1. The van der Waals surface area contributed by atoms with E-state index in [-0.39, 0.29) is 6.04 Å². The molecular weight excluding hydrogens is 344 g/mol. The summed E-state index contributed by atoms with van der Waals surface area (Å²) in [5.74, 6) is 2.91. The van der Waals surface area contributed by atoms with E-state index in [9.17, 15) is 0 Å². The first-order valence-corrected chi connectivity index (χ1v) is 8.48. The molecule has 1 aliphatic heterocycles. The van der Waals surface area contributed by atoms with Crippen LogP contribution in [0, 0.1) is 0 Å². The largest absolute Gasteiger partial charge is 0.497 e. The highest BCUT2D eigenvalue weighted by molar-refractivity contribution is 5.80. The van der Waals surface area contributed by atoms with Gasteiger partial charge in [-0.2, -0.15) is 10.1 Å². The van der Waals surface area contributed by atoms with Crippen molar-refractivity contribution in [2.45, 2.75) is 6.04 Å². The summed E-state index contributed by atoms with van der Waals surface area (Å²) in [6.07, 6.45) is 3.64. The Hall–Kier alpha value is -3.48. The van der Waals surface area contributed by atoms with E-state index in [0.717, 1.165) is 28.3 Å². The maximum atomic E-state index is 5.56. The van der Waals surface area contributed by atoms with Crippen LogP contribution in [-0.4, -0.2) is 36.1 Å². The van der Waals surface area contributed by atoms with E-state index in [2.05, 4.69) is 21.5 Å². The van der Waals surface area contributed by atoms with Gasteiger partial charge in [-0.15, -0.1) is 0 Å². The highest BCUT2D eigenvalue weighted by Crippen LogP contribution is 2.37. The number of nitrogens with one attached hydrogen (secondary N) is 1. The predicted molar refractivity (Wildman–Crippen MR) is 102 cm³/mol. The van der Waals surface area contributed by atoms with Crippen LogP contribution >= 0.6 is 0 Å². The fourth-order valence-corrected chi connectivity index (χ4v) is 3.17. The van der Waals surface area contributed by atoms with Crippen molar-refractivity contribution in [1.29, 1.82) is 0 Å². The topological polar surface area (TPSA) is 70.4 Å². The first-order valence-electron chi connectivity index (χ1n) is 8.48.